The van der Waals surface area contributed by atoms with Crippen molar-refractivity contribution in [3.63, 3.8) is 0 Å². The third kappa shape index (κ3) is 4.94. The Balaban J connectivity index is 1.36. The molecule has 2 aromatic rings. The predicted octanol–water partition coefficient (Wildman–Crippen LogP) is 1.84. The van der Waals surface area contributed by atoms with E-state index in [1.807, 2.05) is 24.3 Å². The Labute approximate surface area is 193 Å². The number of hydrogen-bond acceptors (Lipinski definition) is 7. The second-order valence-electron chi connectivity index (χ2n) is 9.41. The molecule has 2 aromatic carbocycles. The normalized spacial score (nSPS) is 32.1. The summed E-state index contributed by atoms with van der Waals surface area (Å²) in [6.45, 7) is 0.949. The van der Waals surface area contributed by atoms with E-state index in [0.717, 1.165) is 41.9 Å². The van der Waals surface area contributed by atoms with Crippen molar-refractivity contribution in [1.29, 1.82) is 0 Å². The lowest BCUT2D eigenvalue weighted by Crippen LogP contribution is -2.55. The topological polar surface area (TPSA) is 109 Å². The molecule has 2 saturated heterocycles. The molecule has 0 spiro atoms. The third-order valence-corrected chi connectivity index (χ3v) is 6.91. The van der Waals surface area contributed by atoms with E-state index in [2.05, 4.69) is 18.2 Å². The smallest absolute Gasteiger partial charge is 0.124 e. The van der Waals surface area contributed by atoms with E-state index in [4.69, 9.17) is 14.2 Å². The van der Waals surface area contributed by atoms with Crippen LogP contribution in [0.15, 0.2) is 42.5 Å². The molecule has 7 nitrogen and oxygen atoms in total. The van der Waals surface area contributed by atoms with Crippen LogP contribution < -0.4 is 4.74 Å². The summed E-state index contributed by atoms with van der Waals surface area (Å²) < 4.78 is 17.1. The van der Waals surface area contributed by atoms with Crippen molar-refractivity contribution in [2.75, 3.05) is 19.8 Å². The minimum absolute atomic E-state index is 0.118. The summed E-state index contributed by atoms with van der Waals surface area (Å²) in [4.78, 5) is 0. The van der Waals surface area contributed by atoms with Gasteiger partial charge in [-0.25, -0.2) is 0 Å². The van der Waals surface area contributed by atoms with Gasteiger partial charge in [0.15, 0.2) is 0 Å². The molecule has 1 unspecified atom stereocenters. The Morgan fingerprint density at radius 3 is 2.36 bits per heavy atom. The Morgan fingerprint density at radius 2 is 1.70 bits per heavy atom. The lowest BCUT2D eigenvalue weighted by Gasteiger charge is -2.40. The van der Waals surface area contributed by atoms with Crippen LogP contribution in [0, 0.1) is 0 Å². The molecule has 4 N–H and O–H groups in total. The Morgan fingerprint density at radius 1 is 0.909 bits per heavy atom. The molecule has 33 heavy (non-hydrogen) atoms. The second kappa shape index (κ2) is 9.70. The van der Waals surface area contributed by atoms with E-state index in [1.54, 1.807) is 0 Å². The van der Waals surface area contributed by atoms with Crippen LogP contribution in [0.2, 0.25) is 0 Å². The van der Waals surface area contributed by atoms with Crippen molar-refractivity contribution < 1.29 is 34.6 Å². The molecule has 1 aliphatic carbocycles. The van der Waals surface area contributed by atoms with Crippen LogP contribution >= 0.6 is 0 Å². The zero-order chi connectivity index (χ0) is 22.9. The van der Waals surface area contributed by atoms with Crippen molar-refractivity contribution in [2.45, 2.75) is 68.2 Å². The maximum absolute atomic E-state index is 10.6. The molecule has 0 radical (unpaired) electrons. The van der Waals surface area contributed by atoms with Gasteiger partial charge in [-0.3, -0.25) is 0 Å². The summed E-state index contributed by atoms with van der Waals surface area (Å²) in [5.41, 5.74) is 4.34. The molecule has 1 saturated carbocycles. The van der Waals surface area contributed by atoms with E-state index in [1.165, 1.54) is 18.4 Å². The largest absolute Gasteiger partial charge is 0.488 e. The lowest BCUT2D eigenvalue weighted by atomic mass is 9.88. The van der Waals surface area contributed by atoms with Crippen LogP contribution in [-0.4, -0.2) is 70.8 Å². The quantitative estimate of drug-likeness (QED) is 0.503. The van der Waals surface area contributed by atoms with Gasteiger partial charge >= 0.3 is 0 Å². The average molecular weight is 457 g/mol. The number of benzene rings is 2. The van der Waals surface area contributed by atoms with Gasteiger partial charge in [0.2, 0.25) is 0 Å². The van der Waals surface area contributed by atoms with E-state index in [0.29, 0.717) is 12.5 Å². The highest BCUT2D eigenvalue weighted by molar-refractivity contribution is 5.42. The highest BCUT2D eigenvalue weighted by atomic mass is 16.5. The van der Waals surface area contributed by atoms with Crippen LogP contribution in [0.25, 0.3) is 0 Å². The van der Waals surface area contributed by atoms with E-state index in [9.17, 15) is 20.4 Å². The molecule has 6 atom stereocenters. The van der Waals surface area contributed by atoms with Gasteiger partial charge in [0.05, 0.1) is 19.8 Å². The summed E-state index contributed by atoms with van der Waals surface area (Å²) in [5.74, 6) is 1.39. The lowest BCUT2D eigenvalue weighted by molar-refractivity contribution is -0.231. The number of rotatable bonds is 7. The van der Waals surface area contributed by atoms with Crippen LogP contribution in [0.1, 0.15) is 53.5 Å². The number of aliphatic hydroxyl groups is 4. The monoisotopic (exact) mass is 456 g/mol. The van der Waals surface area contributed by atoms with Gasteiger partial charge < -0.3 is 34.6 Å². The molecule has 2 heterocycles. The maximum atomic E-state index is 10.6. The van der Waals surface area contributed by atoms with Crippen molar-refractivity contribution >= 4 is 0 Å². The Kier molecular flexibility index (Phi) is 6.69. The minimum atomic E-state index is -1.38. The molecule has 0 amide bonds. The van der Waals surface area contributed by atoms with Crippen molar-refractivity contribution in [2.24, 2.45) is 0 Å². The van der Waals surface area contributed by atoms with Gasteiger partial charge in [0.1, 0.15) is 42.4 Å². The van der Waals surface area contributed by atoms with Gasteiger partial charge in [-0.2, -0.15) is 0 Å². The molecular formula is C26H32O7. The third-order valence-electron chi connectivity index (χ3n) is 6.91. The SMILES string of the molecule is OC[C@H]1O[C@@H](c2ccc(C3CC3)c(Cc3ccc(O[C@@H]4CCOC4)cc3)c2)[C@H](O)C(O)[C@@H]1O. The average Bonchev–Trinajstić information content (AvgIpc) is 3.55. The van der Waals surface area contributed by atoms with Crippen molar-refractivity contribution in [3.8, 4) is 5.75 Å². The molecule has 0 bridgehead atoms. The van der Waals surface area contributed by atoms with Crippen LogP contribution in [0.5, 0.6) is 5.75 Å². The van der Waals surface area contributed by atoms with Crippen LogP contribution in [-0.2, 0) is 15.9 Å². The van der Waals surface area contributed by atoms with Crippen LogP contribution in [0.3, 0.4) is 0 Å². The molecule has 0 aromatic heterocycles. The van der Waals surface area contributed by atoms with Gasteiger partial charge in [-0.15, -0.1) is 0 Å². The van der Waals surface area contributed by atoms with E-state index < -0.39 is 37.1 Å². The number of ether oxygens (including phenoxy) is 3. The fourth-order valence-electron chi connectivity index (χ4n) is 4.83. The predicted molar refractivity (Wildman–Crippen MR) is 120 cm³/mol. The summed E-state index contributed by atoms with van der Waals surface area (Å²) in [5, 5.41) is 40.4. The first kappa shape index (κ1) is 22.8. The first-order chi connectivity index (χ1) is 16.0. The fourth-order valence-corrected chi connectivity index (χ4v) is 4.83. The Bertz CT molecular complexity index is 934. The molecule has 2 aliphatic heterocycles. The molecule has 3 aliphatic rings. The Hall–Kier alpha value is -2.00. The van der Waals surface area contributed by atoms with Crippen molar-refractivity contribution in [3.05, 3.63) is 64.7 Å². The molecule has 178 valence electrons. The summed E-state index contributed by atoms with van der Waals surface area (Å²) in [7, 11) is 0. The maximum Gasteiger partial charge on any atom is 0.124 e. The van der Waals surface area contributed by atoms with E-state index in [-0.39, 0.29) is 6.10 Å². The van der Waals surface area contributed by atoms with Gasteiger partial charge in [-0.1, -0.05) is 30.3 Å². The van der Waals surface area contributed by atoms with Crippen LogP contribution in [0.4, 0.5) is 0 Å². The second-order valence-corrected chi connectivity index (χ2v) is 9.41. The summed E-state index contributed by atoms with van der Waals surface area (Å²) in [6, 6.07) is 14.2. The molecule has 5 rings (SSSR count). The zero-order valence-electron chi connectivity index (χ0n) is 18.5. The first-order valence-electron chi connectivity index (χ1n) is 11.8. The van der Waals surface area contributed by atoms with Gasteiger partial charge in [0, 0.05) is 6.42 Å². The van der Waals surface area contributed by atoms with Crippen molar-refractivity contribution in [1.82, 2.24) is 0 Å². The number of hydrogen-bond donors (Lipinski definition) is 4. The minimum Gasteiger partial charge on any atom is -0.488 e. The highest BCUT2D eigenvalue weighted by Gasteiger charge is 2.44. The summed E-state index contributed by atoms with van der Waals surface area (Å²) in [6.07, 6.45) is -1.67. The fraction of sp³-hybridized carbons (Fsp3) is 0.538. The van der Waals surface area contributed by atoms with Gasteiger partial charge in [-0.05, 0) is 59.6 Å². The first-order valence-corrected chi connectivity index (χ1v) is 11.8. The summed E-state index contributed by atoms with van der Waals surface area (Å²) >= 11 is 0. The molecule has 3 fully saturated rings. The molecular weight excluding hydrogens is 424 g/mol. The van der Waals surface area contributed by atoms with Gasteiger partial charge in [0.25, 0.3) is 0 Å². The van der Waals surface area contributed by atoms with E-state index >= 15 is 0 Å². The molecule has 7 heteroatoms. The standard InChI is InChI=1S/C26H32O7/c27-13-22-23(28)24(29)25(30)26(33-22)17-5-8-21(16-3-4-16)18(12-17)11-15-1-6-19(7-2-15)32-20-9-10-31-14-20/h1-2,5-8,12,16,20,22-30H,3-4,9-11,13-14H2/t20-,22-,23-,24?,25-,26+/m1/s1. The number of aliphatic hydroxyl groups excluding tert-OH is 4. The zero-order valence-corrected chi connectivity index (χ0v) is 18.5. The highest BCUT2D eigenvalue weighted by Crippen LogP contribution is 2.43.